The second-order valence-electron chi connectivity index (χ2n) is 12.8. The van der Waals surface area contributed by atoms with Gasteiger partial charge in [0.05, 0.1) is 6.10 Å². The highest BCUT2D eigenvalue weighted by Crippen LogP contribution is 2.67. The van der Waals surface area contributed by atoms with E-state index in [2.05, 4.69) is 47.6 Å². The van der Waals surface area contributed by atoms with Crippen LogP contribution in [0.25, 0.3) is 0 Å². The number of rotatable bonds is 6. The van der Waals surface area contributed by atoms with Gasteiger partial charge in [0.1, 0.15) is 0 Å². The van der Waals surface area contributed by atoms with Crippen molar-refractivity contribution in [3.05, 3.63) is 18.6 Å². The first-order valence-corrected chi connectivity index (χ1v) is 13.3. The highest BCUT2D eigenvalue weighted by atomic mass is 16.3. The molecular weight excluding hydrogens is 364 g/mol. The first-order valence-electron chi connectivity index (χ1n) is 13.3. The first kappa shape index (κ1) is 22.9. The van der Waals surface area contributed by atoms with Crippen LogP contribution in [0.2, 0.25) is 0 Å². The largest absolute Gasteiger partial charge is 0.233 e. The third-order valence-corrected chi connectivity index (χ3v) is 10.9. The Balaban J connectivity index is 1.48. The zero-order valence-corrected chi connectivity index (χ0v) is 20.6. The molecule has 0 spiro atoms. The molecule has 0 aliphatic heterocycles. The average Bonchev–Trinajstić information content (AvgIpc) is 3.04. The van der Waals surface area contributed by atoms with Crippen LogP contribution in [-0.2, 0) is 5.11 Å². The van der Waals surface area contributed by atoms with Gasteiger partial charge in [-0.05, 0) is 111 Å². The summed E-state index contributed by atoms with van der Waals surface area (Å²) in [4.78, 5) is 0. The van der Waals surface area contributed by atoms with Crippen LogP contribution in [0.15, 0.2) is 11.6 Å². The molecule has 0 aromatic carbocycles. The minimum Gasteiger partial charge on any atom is -0.233 e. The molecule has 2 radical (unpaired) electrons. The van der Waals surface area contributed by atoms with Gasteiger partial charge < -0.3 is 0 Å². The highest BCUT2D eigenvalue weighted by Gasteiger charge is 2.59. The predicted octanol–water partition coefficient (Wildman–Crippen LogP) is 8.28. The molecule has 0 N–H and O–H groups in total. The molecule has 4 aliphatic rings. The van der Waals surface area contributed by atoms with Crippen molar-refractivity contribution in [2.24, 2.45) is 52.3 Å². The van der Waals surface area contributed by atoms with Crippen LogP contribution in [0.1, 0.15) is 105 Å². The van der Waals surface area contributed by atoms with Crippen molar-refractivity contribution in [2.45, 2.75) is 111 Å². The molecule has 0 aromatic heterocycles. The van der Waals surface area contributed by atoms with Crippen LogP contribution >= 0.6 is 0 Å². The van der Waals surface area contributed by atoms with E-state index < -0.39 is 6.10 Å². The maximum atomic E-state index is 12.0. The Morgan fingerprint density at radius 3 is 2.50 bits per heavy atom. The normalized spacial score (nSPS) is 45.3. The number of hydrogen-bond acceptors (Lipinski definition) is 0. The van der Waals surface area contributed by atoms with Gasteiger partial charge >= 0.3 is 0 Å². The Hall–Kier alpha value is -0.300. The molecule has 9 atom stereocenters. The van der Waals surface area contributed by atoms with Gasteiger partial charge in [-0.2, -0.15) is 0 Å². The monoisotopic (exact) mass is 412 g/mol. The van der Waals surface area contributed by atoms with Gasteiger partial charge in [-0.15, -0.1) is 0 Å². The van der Waals surface area contributed by atoms with E-state index in [-0.39, 0.29) is 5.92 Å². The van der Waals surface area contributed by atoms with E-state index >= 15 is 0 Å². The fourth-order valence-electron chi connectivity index (χ4n) is 9.03. The van der Waals surface area contributed by atoms with E-state index in [0.717, 1.165) is 48.3 Å². The quantitative estimate of drug-likeness (QED) is 0.391. The lowest BCUT2D eigenvalue weighted by Crippen LogP contribution is -2.50. The lowest BCUT2D eigenvalue weighted by Gasteiger charge is -2.58. The average molecular weight is 413 g/mol. The van der Waals surface area contributed by atoms with Crippen molar-refractivity contribution in [2.75, 3.05) is 0 Å². The molecule has 30 heavy (non-hydrogen) atoms. The molecule has 1 heteroatoms. The molecule has 4 aliphatic carbocycles. The van der Waals surface area contributed by atoms with Gasteiger partial charge in [0, 0.05) is 0 Å². The highest BCUT2D eigenvalue weighted by molar-refractivity contribution is 5.25. The standard InChI is InChI=1S/C29H48O/c1-19(2)8-7-9-20(3)25-12-13-26-24-11-10-23-18-22(21(4)30)14-16-28(23,5)27(24)15-17-29(25,26)6/h10,19-22,24-27H,4,7-9,11-18H2,1-3,5-6H3/t20-,21?,22?,24?,25-,26?,27?,28+,29-/m1/s1. The zero-order valence-electron chi connectivity index (χ0n) is 20.6. The predicted molar refractivity (Wildman–Crippen MR) is 126 cm³/mol. The molecule has 0 aromatic rings. The van der Waals surface area contributed by atoms with Gasteiger partial charge in [0.2, 0.25) is 0 Å². The topological polar surface area (TPSA) is 19.9 Å². The van der Waals surface area contributed by atoms with Gasteiger partial charge in [0.25, 0.3) is 0 Å². The van der Waals surface area contributed by atoms with Gasteiger partial charge in [0.15, 0.2) is 0 Å². The van der Waals surface area contributed by atoms with Crippen molar-refractivity contribution in [1.82, 2.24) is 0 Å². The zero-order chi connectivity index (χ0) is 21.7. The summed E-state index contributed by atoms with van der Waals surface area (Å²) >= 11 is 0. The molecule has 4 rings (SSSR count). The first-order chi connectivity index (χ1) is 14.2. The van der Waals surface area contributed by atoms with Crippen LogP contribution < -0.4 is 0 Å². The van der Waals surface area contributed by atoms with Crippen molar-refractivity contribution in [1.29, 1.82) is 0 Å². The van der Waals surface area contributed by atoms with E-state index in [1.807, 2.05) is 0 Å². The lowest BCUT2D eigenvalue weighted by atomic mass is 9.46. The molecule has 5 unspecified atom stereocenters. The smallest absolute Gasteiger partial charge is 0.0962 e. The number of fused-ring (bicyclic) bond motifs is 5. The Kier molecular flexibility index (Phi) is 6.53. The van der Waals surface area contributed by atoms with Crippen LogP contribution in [-0.4, -0.2) is 6.10 Å². The van der Waals surface area contributed by atoms with E-state index in [1.165, 1.54) is 57.8 Å². The minimum absolute atomic E-state index is 0.275. The van der Waals surface area contributed by atoms with Crippen molar-refractivity contribution in [3.63, 3.8) is 0 Å². The summed E-state index contributed by atoms with van der Waals surface area (Å²) in [5.74, 6) is 5.64. The molecule has 0 heterocycles. The fraction of sp³-hybridized carbons (Fsp3) is 0.897. The third-order valence-electron chi connectivity index (χ3n) is 10.9. The second kappa shape index (κ2) is 8.57. The molecule has 0 bridgehead atoms. The summed E-state index contributed by atoms with van der Waals surface area (Å²) in [6, 6.07) is 0. The molecule has 3 saturated carbocycles. The SMILES string of the molecule is [CH2]C([O])C1CC[C@@]2(C)C(=CCC3C2CC[C@@]2(C)C3CC[C@@H]2[C@H](C)CCCC(C)C)C1. The van der Waals surface area contributed by atoms with E-state index in [1.54, 1.807) is 5.57 Å². The molecule has 3 fully saturated rings. The van der Waals surface area contributed by atoms with Gasteiger partial charge in [-0.25, -0.2) is 5.11 Å². The summed E-state index contributed by atoms with van der Waals surface area (Å²) in [5.41, 5.74) is 2.59. The molecule has 170 valence electrons. The van der Waals surface area contributed by atoms with Gasteiger partial charge in [-0.3, -0.25) is 0 Å². The minimum atomic E-state index is -0.643. The second-order valence-corrected chi connectivity index (χ2v) is 12.8. The van der Waals surface area contributed by atoms with Crippen molar-refractivity contribution in [3.8, 4) is 0 Å². The lowest BCUT2D eigenvalue weighted by molar-refractivity contribution is -0.0579. The summed E-state index contributed by atoms with van der Waals surface area (Å²) in [6.45, 7) is 16.4. The van der Waals surface area contributed by atoms with Crippen molar-refractivity contribution < 1.29 is 5.11 Å². The maximum Gasteiger partial charge on any atom is 0.0962 e. The molecule has 0 saturated heterocycles. The fourth-order valence-corrected chi connectivity index (χ4v) is 9.03. The van der Waals surface area contributed by atoms with Crippen molar-refractivity contribution >= 4 is 0 Å². The number of hydrogen-bond donors (Lipinski definition) is 0. The molecule has 0 amide bonds. The van der Waals surface area contributed by atoms with Crippen LogP contribution in [0.5, 0.6) is 0 Å². The Morgan fingerprint density at radius 2 is 1.80 bits per heavy atom. The summed E-state index contributed by atoms with van der Waals surface area (Å²) < 4.78 is 0. The van der Waals surface area contributed by atoms with Crippen LogP contribution in [0, 0.1) is 59.2 Å². The summed E-state index contributed by atoms with van der Waals surface area (Å²) in [5, 5.41) is 12.0. The molecular formula is C29H48O. The van der Waals surface area contributed by atoms with E-state index in [4.69, 9.17) is 0 Å². The Morgan fingerprint density at radius 1 is 1.03 bits per heavy atom. The third kappa shape index (κ3) is 3.84. The number of allylic oxidation sites excluding steroid dienone is 2. The van der Waals surface area contributed by atoms with E-state index in [9.17, 15) is 5.11 Å². The molecule has 1 nitrogen and oxygen atoms in total. The maximum absolute atomic E-state index is 12.0. The summed E-state index contributed by atoms with van der Waals surface area (Å²) in [7, 11) is 0. The van der Waals surface area contributed by atoms with Gasteiger partial charge in [-0.1, -0.05) is 65.5 Å². The van der Waals surface area contributed by atoms with E-state index in [0.29, 0.717) is 10.8 Å². The Bertz CT molecular complexity index is 632. The Labute approximate surface area is 187 Å². The van der Waals surface area contributed by atoms with Crippen LogP contribution in [0.4, 0.5) is 0 Å². The van der Waals surface area contributed by atoms with Crippen LogP contribution in [0.3, 0.4) is 0 Å². The summed E-state index contributed by atoms with van der Waals surface area (Å²) in [6.07, 6.45) is 16.7.